The highest BCUT2D eigenvalue weighted by molar-refractivity contribution is 7.92. The van der Waals surface area contributed by atoms with Crippen LogP contribution >= 0.6 is 0 Å². The van der Waals surface area contributed by atoms with E-state index in [-0.39, 0.29) is 22.1 Å². The molecular weight excluding hydrogens is 483 g/mol. The summed E-state index contributed by atoms with van der Waals surface area (Å²) in [5.41, 5.74) is 2.92. The van der Waals surface area contributed by atoms with Crippen molar-refractivity contribution in [3.63, 3.8) is 0 Å². The van der Waals surface area contributed by atoms with E-state index < -0.39 is 15.8 Å². The number of benzene rings is 2. The predicted octanol–water partition coefficient (Wildman–Crippen LogP) is 4.85. The molecule has 0 unspecified atom stereocenters. The van der Waals surface area contributed by atoms with Crippen LogP contribution in [-0.4, -0.2) is 44.7 Å². The minimum atomic E-state index is -4.00. The summed E-state index contributed by atoms with van der Waals surface area (Å²) in [7, 11) is -0.588. The molecule has 0 aliphatic carbocycles. The quantitative estimate of drug-likeness (QED) is 0.412. The van der Waals surface area contributed by atoms with E-state index in [4.69, 9.17) is 9.47 Å². The molecule has 0 amide bonds. The van der Waals surface area contributed by atoms with Crippen molar-refractivity contribution in [1.29, 1.82) is 0 Å². The lowest BCUT2D eigenvalue weighted by Gasteiger charge is -2.39. The number of halogens is 1. The Balaban J connectivity index is 1.57. The number of rotatable bonds is 5. The van der Waals surface area contributed by atoms with Crippen LogP contribution in [0.1, 0.15) is 13.8 Å². The summed E-state index contributed by atoms with van der Waals surface area (Å²) < 4.78 is 53.2. The van der Waals surface area contributed by atoms with E-state index in [2.05, 4.69) is 19.6 Å². The first-order chi connectivity index (χ1) is 17.1. The average Bonchev–Trinajstić information content (AvgIpc) is 2.83. The maximum Gasteiger partial charge on any atom is 0.262 e. The smallest absolute Gasteiger partial charge is 0.262 e. The number of pyridine rings is 2. The molecule has 1 N–H and O–H groups in total. The molecule has 1 aliphatic rings. The molecule has 186 valence electrons. The van der Waals surface area contributed by atoms with Crippen molar-refractivity contribution in [2.45, 2.75) is 24.3 Å². The van der Waals surface area contributed by atoms with Crippen molar-refractivity contribution < 1.29 is 22.3 Å². The third kappa shape index (κ3) is 4.39. The lowest BCUT2D eigenvalue weighted by molar-refractivity contribution is 0.109. The number of nitrogens with zero attached hydrogens (tertiary/aromatic N) is 3. The van der Waals surface area contributed by atoms with Crippen LogP contribution in [0.3, 0.4) is 0 Å². The van der Waals surface area contributed by atoms with E-state index in [9.17, 15) is 12.8 Å². The zero-order valence-corrected chi connectivity index (χ0v) is 21.1. The van der Waals surface area contributed by atoms with Gasteiger partial charge in [-0.15, -0.1) is 0 Å². The molecular formula is C26H25FN4O4S. The van der Waals surface area contributed by atoms with Gasteiger partial charge in [0.1, 0.15) is 17.1 Å². The monoisotopic (exact) mass is 508 g/mol. The van der Waals surface area contributed by atoms with Crippen LogP contribution in [0.2, 0.25) is 0 Å². The van der Waals surface area contributed by atoms with E-state index in [0.717, 1.165) is 46.6 Å². The number of hydrogen-bond acceptors (Lipinski definition) is 7. The number of hydrogen-bond donors (Lipinski definition) is 1. The Morgan fingerprint density at radius 3 is 2.53 bits per heavy atom. The number of fused-ring (bicyclic) bond motifs is 3. The van der Waals surface area contributed by atoms with Crippen LogP contribution < -0.4 is 19.1 Å². The van der Waals surface area contributed by atoms with E-state index in [1.807, 2.05) is 45.3 Å². The highest BCUT2D eigenvalue weighted by atomic mass is 32.2. The molecule has 0 bridgehead atoms. The number of methoxy groups -OCH3 is 1. The Bertz CT molecular complexity index is 1570. The number of ether oxygens (including phenoxy) is 2. The van der Waals surface area contributed by atoms with Crippen LogP contribution in [0.15, 0.2) is 65.8 Å². The van der Waals surface area contributed by atoms with Crippen molar-refractivity contribution in [3.8, 4) is 22.8 Å². The molecule has 8 nitrogen and oxygen atoms in total. The van der Waals surface area contributed by atoms with Gasteiger partial charge in [0.05, 0.1) is 36.0 Å². The molecule has 0 atom stereocenters. The molecule has 1 aliphatic heterocycles. The molecule has 36 heavy (non-hydrogen) atoms. The average molecular weight is 509 g/mol. The highest BCUT2D eigenvalue weighted by Gasteiger charge is 2.31. The lowest BCUT2D eigenvalue weighted by atomic mass is 10.0. The molecule has 0 saturated carbocycles. The van der Waals surface area contributed by atoms with Crippen LogP contribution in [0.25, 0.3) is 22.0 Å². The Labute approximate surface area is 208 Å². The number of aromatic nitrogens is 2. The Morgan fingerprint density at radius 2 is 1.81 bits per heavy atom. The second kappa shape index (κ2) is 8.63. The van der Waals surface area contributed by atoms with Crippen LogP contribution in [0, 0.1) is 5.82 Å². The third-order valence-electron chi connectivity index (χ3n) is 5.95. The number of sulfonamides is 1. The van der Waals surface area contributed by atoms with Gasteiger partial charge in [0.2, 0.25) is 5.88 Å². The first-order valence-electron chi connectivity index (χ1n) is 11.2. The highest BCUT2D eigenvalue weighted by Crippen LogP contribution is 2.42. The van der Waals surface area contributed by atoms with Gasteiger partial charge in [-0.3, -0.25) is 9.71 Å². The normalized spacial score (nSPS) is 14.8. The van der Waals surface area contributed by atoms with Gasteiger partial charge in [0.25, 0.3) is 10.0 Å². The fraction of sp³-hybridized carbons (Fsp3) is 0.231. The van der Waals surface area contributed by atoms with Gasteiger partial charge in [-0.2, -0.15) is 0 Å². The zero-order valence-electron chi connectivity index (χ0n) is 20.2. The Hall–Kier alpha value is -3.92. The van der Waals surface area contributed by atoms with Gasteiger partial charge in [0, 0.05) is 24.2 Å². The first kappa shape index (κ1) is 23.8. The van der Waals surface area contributed by atoms with Crippen molar-refractivity contribution in [1.82, 2.24) is 9.97 Å². The number of anilines is 2. The van der Waals surface area contributed by atoms with Gasteiger partial charge in [-0.25, -0.2) is 17.8 Å². The summed E-state index contributed by atoms with van der Waals surface area (Å²) >= 11 is 0. The molecule has 3 heterocycles. The standard InChI is InChI=1S/C26H25FN4O4S/c1-26(2)15-31(3)23-14-28-21-10-5-16(11-20(21)24(23)35-26)17-12-22(25(34-4)29-13-17)30-36(32,33)19-8-6-18(27)7-9-19/h5-14,30H,15H2,1-4H3. The summed E-state index contributed by atoms with van der Waals surface area (Å²) in [5.74, 6) is 0.331. The second-order valence-electron chi connectivity index (χ2n) is 9.26. The van der Waals surface area contributed by atoms with E-state index in [1.54, 1.807) is 12.3 Å². The van der Waals surface area contributed by atoms with Crippen molar-refractivity contribution >= 4 is 32.3 Å². The van der Waals surface area contributed by atoms with E-state index >= 15 is 0 Å². The maximum absolute atomic E-state index is 13.3. The maximum atomic E-state index is 13.3. The van der Waals surface area contributed by atoms with Gasteiger partial charge in [0.15, 0.2) is 5.75 Å². The van der Waals surface area contributed by atoms with E-state index in [1.165, 1.54) is 19.2 Å². The van der Waals surface area contributed by atoms with Gasteiger partial charge in [-0.1, -0.05) is 6.07 Å². The summed E-state index contributed by atoms with van der Waals surface area (Å²) in [5, 5.41) is 0.842. The SMILES string of the molecule is COc1ncc(-c2ccc3ncc4c(c3c2)OC(C)(C)CN4C)cc1NS(=O)(=O)c1ccc(F)cc1. The minimum absolute atomic E-state index is 0.0800. The van der Waals surface area contributed by atoms with Gasteiger partial charge >= 0.3 is 0 Å². The first-order valence-corrected chi connectivity index (χ1v) is 12.7. The molecule has 0 radical (unpaired) electrons. The molecule has 10 heteroatoms. The topological polar surface area (TPSA) is 93.7 Å². The van der Waals surface area contributed by atoms with E-state index in [0.29, 0.717) is 5.56 Å². The Kier molecular flexibility index (Phi) is 5.71. The minimum Gasteiger partial charge on any atom is -0.483 e. The molecule has 0 spiro atoms. The predicted molar refractivity (Wildman–Crippen MR) is 137 cm³/mol. The van der Waals surface area contributed by atoms with Crippen molar-refractivity contribution in [2.24, 2.45) is 0 Å². The largest absolute Gasteiger partial charge is 0.483 e. The molecule has 2 aromatic heterocycles. The zero-order chi connectivity index (χ0) is 25.7. The number of likely N-dealkylation sites (N-methyl/N-ethyl adjacent to an activating group) is 1. The summed E-state index contributed by atoms with van der Waals surface area (Å²) in [6.07, 6.45) is 3.42. The summed E-state index contributed by atoms with van der Waals surface area (Å²) in [6.45, 7) is 4.80. The molecule has 5 rings (SSSR count). The molecule has 0 saturated heterocycles. The Morgan fingerprint density at radius 1 is 1.06 bits per heavy atom. The fourth-order valence-corrected chi connectivity index (χ4v) is 5.39. The van der Waals surface area contributed by atoms with Gasteiger partial charge in [-0.05, 0) is 61.9 Å². The third-order valence-corrected chi connectivity index (χ3v) is 7.33. The summed E-state index contributed by atoms with van der Waals surface area (Å²) in [4.78, 5) is 10.9. The molecule has 2 aromatic carbocycles. The van der Waals surface area contributed by atoms with Crippen LogP contribution in [0.5, 0.6) is 11.6 Å². The molecule has 0 fully saturated rings. The molecule has 4 aromatic rings. The lowest BCUT2D eigenvalue weighted by Crippen LogP contribution is -2.45. The van der Waals surface area contributed by atoms with Crippen LogP contribution in [0.4, 0.5) is 15.8 Å². The van der Waals surface area contributed by atoms with Crippen molar-refractivity contribution in [3.05, 3.63) is 66.7 Å². The van der Waals surface area contributed by atoms with Crippen molar-refractivity contribution in [2.75, 3.05) is 30.3 Å². The second-order valence-corrected chi connectivity index (χ2v) is 10.9. The fourth-order valence-electron chi connectivity index (χ4n) is 4.34. The summed E-state index contributed by atoms with van der Waals surface area (Å²) in [6, 6.07) is 11.9. The van der Waals surface area contributed by atoms with Gasteiger partial charge < -0.3 is 14.4 Å². The van der Waals surface area contributed by atoms with Crippen LogP contribution in [-0.2, 0) is 10.0 Å². The number of nitrogens with one attached hydrogen (secondary N) is 1.